The van der Waals surface area contributed by atoms with Crippen molar-refractivity contribution in [3.05, 3.63) is 23.8 Å². The third-order valence-electron chi connectivity index (χ3n) is 3.00. The molecule has 0 radical (unpaired) electrons. The number of carbonyl (C=O) groups is 1. The summed E-state index contributed by atoms with van der Waals surface area (Å²) >= 11 is 0. The highest BCUT2D eigenvalue weighted by molar-refractivity contribution is 7.89. The van der Waals surface area contributed by atoms with Crippen molar-refractivity contribution >= 4 is 21.7 Å². The van der Waals surface area contributed by atoms with Gasteiger partial charge in [0.25, 0.3) is 0 Å². The number of carboxylic acids is 1. The summed E-state index contributed by atoms with van der Waals surface area (Å²) in [6.45, 7) is 2.18. The molecule has 0 amide bonds. The summed E-state index contributed by atoms with van der Waals surface area (Å²) in [5.74, 6) is -1.14. The highest BCUT2D eigenvalue weighted by Gasteiger charge is 2.26. The van der Waals surface area contributed by atoms with Crippen LogP contribution >= 0.6 is 0 Å². The maximum atomic E-state index is 12.2. The van der Waals surface area contributed by atoms with E-state index in [4.69, 9.17) is 5.11 Å². The van der Waals surface area contributed by atoms with Crippen molar-refractivity contribution in [1.29, 1.82) is 0 Å². The third-order valence-corrected chi connectivity index (χ3v) is 4.50. The molecule has 3 N–H and O–H groups in total. The van der Waals surface area contributed by atoms with Crippen molar-refractivity contribution in [3.8, 4) is 0 Å². The molecule has 1 aromatic carbocycles. The molecule has 7 heteroatoms. The second-order valence-corrected chi connectivity index (χ2v) is 6.57. The molecular formula is C13H18N2O4S. The van der Waals surface area contributed by atoms with Gasteiger partial charge >= 0.3 is 5.97 Å². The first kappa shape index (κ1) is 14.8. The number of sulfonamides is 1. The molecule has 110 valence electrons. The number of benzene rings is 1. The summed E-state index contributed by atoms with van der Waals surface area (Å²) < 4.78 is 27.0. The minimum atomic E-state index is -3.70. The van der Waals surface area contributed by atoms with Crippen LogP contribution in [0.15, 0.2) is 23.1 Å². The molecule has 1 aliphatic rings. The zero-order chi connectivity index (χ0) is 14.8. The molecule has 1 fully saturated rings. The molecular weight excluding hydrogens is 280 g/mol. The quantitative estimate of drug-likeness (QED) is 0.711. The van der Waals surface area contributed by atoms with E-state index >= 15 is 0 Å². The average Bonchev–Trinajstić information content (AvgIpc) is 3.20. The van der Waals surface area contributed by atoms with E-state index in [9.17, 15) is 13.2 Å². The number of hydrogen-bond donors (Lipinski definition) is 3. The molecule has 0 aliphatic heterocycles. The predicted octanol–water partition coefficient (Wildman–Crippen LogP) is 1.65. The molecule has 0 atom stereocenters. The van der Waals surface area contributed by atoms with Gasteiger partial charge in [-0.2, -0.15) is 0 Å². The maximum absolute atomic E-state index is 12.2. The Morgan fingerprint density at radius 3 is 2.65 bits per heavy atom. The molecule has 0 bridgehead atoms. The Morgan fingerprint density at radius 1 is 1.40 bits per heavy atom. The Bertz CT molecular complexity index is 609. The molecule has 1 aromatic rings. The van der Waals surface area contributed by atoms with E-state index < -0.39 is 16.0 Å². The Kier molecular flexibility index (Phi) is 4.29. The molecule has 2 rings (SSSR count). The number of hydrogen-bond acceptors (Lipinski definition) is 4. The summed E-state index contributed by atoms with van der Waals surface area (Å²) in [7, 11) is -3.70. The van der Waals surface area contributed by atoms with E-state index in [1.807, 2.05) is 6.92 Å². The first-order valence-corrected chi connectivity index (χ1v) is 8.06. The van der Waals surface area contributed by atoms with Crippen molar-refractivity contribution in [3.63, 3.8) is 0 Å². The van der Waals surface area contributed by atoms with Crippen LogP contribution in [0.5, 0.6) is 0 Å². The monoisotopic (exact) mass is 298 g/mol. The standard InChI is InChI=1S/C13H18N2O4S/c1-2-7-14-20(18,19)12-8-9(13(16)17)3-6-11(12)15-10-4-5-10/h3,6,8,10,14-15H,2,4-5,7H2,1H3,(H,16,17). The topological polar surface area (TPSA) is 95.5 Å². The Balaban J connectivity index is 2.39. The van der Waals surface area contributed by atoms with Gasteiger partial charge in [0.05, 0.1) is 11.3 Å². The third kappa shape index (κ3) is 3.49. The molecule has 0 heterocycles. The lowest BCUT2D eigenvalue weighted by atomic mass is 10.2. The zero-order valence-electron chi connectivity index (χ0n) is 11.2. The fourth-order valence-corrected chi connectivity index (χ4v) is 3.09. The summed E-state index contributed by atoms with van der Waals surface area (Å²) in [4.78, 5) is 11.0. The molecule has 0 unspecified atom stereocenters. The van der Waals surface area contributed by atoms with Gasteiger partial charge in [0.15, 0.2) is 0 Å². The van der Waals surface area contributed by atoms with Gasteiger partial charge in [0, 0.05) is 12.6 Å². The lowest BCUT2D eigenvalue weighted by Gasteiger charge is -2.13. The minimum Gasteiger partial charge on any atom is -0.478 e. The molecule has 20 heavy (non-hydrogen) atoms. The van der Waals surface area contributed by atoms with Gasteiger partial charge in [-0.3, -0.25) is 0 Å². The molecule has 1 aliphatic carbocycles. The van der Waals surface area contributed by atoms with Crippen LogP contribution < -0.4 is 10.0 Å². The Hall–Kier alpha value is -1.60. The van der Waals surface area contributed by atoms with Gasteiger partial charge in [0.2, 0.25) is 10.0 Å². The molecule has 6 nitrogen and oxygen atoms in total. The second-order valence-electron chi connectivity index (χ2n) is 4.83. The van der Waals surface area contributed by atoms with E-state index in [0.29, 0.717) is 18.7 Å². The maximum Gasteiger partial charge on any atom is 0.335 e. The number of rotatable bonds is 7. The summed E-state index contributed by atoms with van der Waals surface area (Å²) in [5, 5.41) is 12.1. The SMILES string of the molecule is CCCNS(=O)(=O)c1cc(C(=O)O)ccc1NC1CC1. The lowest BCUT2D eigenvalue weighted by Crippen LogP contribution is -2.26. The predicted molar refractivity (Wildman–Crippen MR) is 75.5 cm³/mol. The second kappa shape index (κ2) is 5.80. The normalized spacial score (nSPS) is 15.1. The van der Waals surface area contributed by atoms with E-state index in [1.54, 1.807) is 0 Å². The van der Waals surface area contributed by atoms with Gasteiger partial charge in [-0.05, 0) is 37.5 Å². The fourth-order valence-electron chi connectivity index (χ4n) is 1.76. The van der Waals surface area contributed by atoms with E-state index in [1.165, 1.54) is 18.2 Å². The van der Waals surface area contributed by atoms with Gasteiger partial charge < -0.3 is 10.4 Å². The average molecular weight is 298 g/mol. The zero-order valence-corrected chi connectivity index (χ0v) is 12.0. The highest BCUT2D eigenvalue weighted by atomic mass is 32.2. The first-order chi connectivity index (χ1) is 9.44. The van der Waals surface area contributed by atoms with E-state index in [0.717, 1.165) is 12.8 Å². The summed E-state index contributed by atoms with van der Waals surface area (Å²) in [6.07, 6.45) is 2.67. The van der Waals surface area contributed by atoms with Gasteiger partial charge in [0.1, 0.15) is 4.90 Å². The van der Waals surface area contributed by atoms with Crippen molar-refractivity contribution in [2.45, 2.75) is 37.1 Å². The fraction of sp³-hybridized carbons (Fsp3) is 0.462. The van der Waals surface area contributed by atoms with Crippen LogP contribution in [0.1, 0.15) is 36.5 Å². The molecule has 0 saturated heterocycles. The number of nitrogens with one attached hydrogen (secondary N) is 2. The van der Waals surface area contributed by atoms with Crippen LogP contribution in [0.4, 0.5) is 5.69 Å². The van der Waals surface area contributed by atoms with Crippen molar-refractivity contribution in [1.82, 2.24) is 4.72 Å². The Labute approximate surface area is 118 Å². The van der Waals surface area contributed by atoms with Crippen LogP contribution in [0.25, 0.3) is 0 Å². The summed E-state index contributed by atoms with van der Waals surface area (Å²) in [6, 6.07) is 4.41. The van der Waals surface area contributed by atoms with Crippen molar-refractivity contribution in [2.24, 2.45) is 0 Å². The van der Waals surface area contributed by atoms with Crippen LogP contribution in [-0.2, 0) is 10.0 Å². The van der Waals surface area contributed by atoms with Crippen LogP contribution in [0.3, 0.4) is 0 Å². The molecule has 0 spiro atoms. The van der Waals surface area contributed by atoms with Crippen LogP contribution in [0, 0.1) is 0 Å². The summed E-state index contributed by atoms with van der Waals surface area (Å²) in [5.41, 5.74) is 0.421. The number of anilines is 1. The highest BCUT2D eigenvalue weighted by Crippen LogP contribution is 2.29. The van der Waals surface area contributed by atoms with Gasteiger partial charge in [-0.25, -0.2) is 17.9 Å². The Morgan fingerprint density at radius 2 is 2.10 bits per heavy atom. The largest absolute Gasteiger partial charge is 0.478 e. The van der Waals surface area contributed by atoms with Crippen LogP contribution in [-0.4, -0.2) is 32.1 Å². The van der Waals surface area contributed by atoms with Crippen molar-refractivity contribution < 1.29 is 18.3 Å². The lowest BCUT2D eigenvalue weighted by molar-refractivity contribution is 0.0696. The van der Waals surface area contributed by atoms with Gasteiger partial charge in [-0.1, -0.05) is 6.92 Å². The van der Waals surface area contributed by atoms with Gasteiger partial charge in [-0.15, -0.1) is 0 Å². The van der Waals surface area contributed by atoms with Crippen molar-refractivity contribution in [2.75, 3.05) is 11.9 Å². The first-order valence-electron chi connectivity index (χ1n) is 6.57. The number of carboxylic acid groups (broad SMARTS) is 1. The molecule has 0 aromatic heterocycles. The smallest absolute Gasteiger partial charge is 0.335 e. The van der Waals surface area contributed by atoms with E-state index in [2.05, 4.69) is 10.0 Å². The van der Waals surface area contributed by atoms with Crippen LogP contribution in [0.2, 0.25) is 0 Å². The van der Waals surface area contributed by atoms with E-state index in [-0.39, 0.29) is 16.5 Å². The number of aromatic carboxylic acids is 1. The minimum absolute atomic E-state index is 0.00208. The molecule has 1 saturated carbocycles.